The number of aryl methyl sites for hydroxylation is 2. The highest BCUT2D eigenvalue weighted by atomic mass is 127. The van der Waals surface area contributed by atoms with Gasteiger partial charge in [0.25, 0.3) is 0 Å². The average molecular weight is 403 g/mol. The fraction of sp³-hybridized carbons (Fsp3) is 0.429. The van der Waals surface area contributed by atoms with Crippen molar-refractivity contribution in [2.24, 2.45) is 12.0 Å². The minimum atomic E-state index is 0. The van der Waals surface area contributed by atoms with Gasteiger partial charge in [0.15, 0.2) is 11.7 Å². The first-order valence-corrected chi connectivity index (χ1v) is 6.54. The Kier molecular flexibility index (Phi) is 6.73. The molecule has 0 spiro atoms. The number of hydrogen-bond donors (Lipinski definition) is 1. The molecule has 0 aromatic carbocycles. The normalized spacial score (nSPS) is 11.1. The Bertz CT molecular complexity index is 590. The van der Waals surface area contributed by atoms with Crippen LogP contribution in [0.2, 0.25) is 0 Å². The lowest BCUT2D eigenvalue weighted by Crippen LogP contribution is -2.38. The minimum absolute atomic E-state index is 0. The molecule has 7 heteroatoms. The molecule has 6 nitrogen and oxygen atoms in total. The monoisotopic (exact) mass is 403 g/mol. The van der Waals surface area contributed by atoms with Crippen molar-refractivity contribution in [1.29, 1.82) is 0 Å². The molecule has 0 amide bonds. The summed E-state index contributed by atoms with van der Waals surface area (Å²) in [5, 5.41) is 7.13. The molecule has 116 valence electrons. The first-order valence-electron chi connectivity index (χ1n) is 6.54. The van der Waals surface area contributed by atoms with Crippen molar-refractivity contribution < 1.29 is 4.52 Å². The lowest BCUT2D eigenvalue weighted by molar-refractivity contribution is 0.372. The smallest absolute Gasteiger partial charge is 0.194 e. The summed E-state index contributed by atoms with van der Waals surface area (Å²) in [5.74, 6) is 1.62. The Morgan fingerprint density at radius 1 is 1.52 bits per heavy atom. The minimum Gasteiger partial charge on any atom is -0.359 e. The molecule has 1 N–H and O–H groups in total. The van der Waals surface area contributed by atoms with Crippen LogP contribution >= 0.6 is 24.0 Å². The number of rotatable bonds is 4. The molecule has 0 saturated heterocycles. The van der Waals surface area contributed by atoms with Gasteiger partial charge in [0.05, 0.1) is 18.8 Å². The number of guanidine groups is 1. The van der Waals surface area contributed by atoms with E-state index in [0.717, 1.165) is 24.0 Å². The zero-order valence-corrected chi connectivity index (χ0v) is 15.2. The molecule has 2 aromatic heterocycles. The summed E-state index contributed by atoms with van der Waals surface area (Å²) in [4.78, 5) is 6.35. The van der Waals surface area contributed by atoms with Crippen molar-refractivity contribution in [1.82, 2.24) is 19.9 Å². The summed E-state index contributed by atoms with van der Waals surface area (Å²) >= 11 is 0. The van der Waals surface area contributed by atoms with Gasteiger partial charge in [-0.2, -0.15) is 0 Å². The van der Waals surface area contributed by atoms with Gasteiger partial charge in [0, 0.05) is 39.1 Å². The summed E-state index contributed by atoms with van der Waals surface area (Å²) in [5.41, 5.74) is 2.11. The molecular weight excluding hydrogens is 381 g/mol. The first-order chi connectivity index (χ1) is 9.60. The molecule has 21 heavy (non-hydrogen) atoms. The average Bonchev–Trinajstić information content (AvgIpc) is 3.00. The zero-order valence-electron chi connectivity index (χ0n) is 12.8. The van der Waals surface area contributed by atoms with E-state index in [1.165, 1.54) is 5.69 Å². The number of aromatic nitrogens is 2. The van der Waals surface area contributed by atoms with E-state index in [2.05, 4.69) is 31.0 Å². The summed E-state index contributed by atoms with van der Waals surface area (Å²) < 4.78 is 7.27. The van der Waals surface area contributed by atoms with Crippen molar-refractivity contribution in [2.45, 2.75) is 20.0 Å². The molecule has 0 atom stereocenters. The van der Waals surface area contributed by atoms with Gasteiger partial charge in [0.2, 0.25) is 0 Å². The van der Waals surface area contributed by atoms with Crippen LogP contribution in [0.4, 0.5) is 0 Å². The molecule has 0 fully saturated rings. The molecule has 0 aliphatic rings. The van der Waals surface area contributed by atoms with Gasteiger partial charge < -0.3 is 19.3 Å². The summed E-state index contributed by atoms with van der Waals surface area (Å²) in [6.45, 7) is 3.27. The molecule has 0 aliphatic carbocycles. The summed E-state index contributed by atoms with van der Waals surface area (Å²) in [6, 6.07) is 6.05. The second-order valence-electron chi connectivity index (χ2n) is 4.80. The molecule has 2 heterocycles. The van der Waals surface area contributed by atoms with E-state index in [4.69, 9.17) is 4.52 Å². The molecule has 0 saturated carbocycles. The van der Waals surface area contributed by atoms with Crippen LogP contribution in [0.15, 0.2) is 33.9 Å². The van der Waals surface area contributed by atoms with Gasteiger partial charge in [-0.25, -0.2) is 0 Å². The Hall–Kier alpha value is -1.51. The Morgan fingerprint density at radius 2 is 2.29 bits per heavy atom. The molecule has 0 radical (unpaired) electrons. The van der Waals surface area contributed by atoms with Crippen LogP contribution in [-0.2, 0) is 20.1 Å². The van der Waals surface area contributed by atoms with E-state index in [1.807, 2.05) is 39.3 Å². The molecular formula is C14H22IN5O. The Labute approximate surface area is 142 Å². The van der Waals surface area contributed by atoms with Crippen molar-refractivity contribution >= 4 is 29.9 Å². The fourth-order valence-corrected chi connectivity index (χ4v) is 2.03. The van der Waals surface area contributed by atoms with E-state index in [0.29, 0.717) is 6.54 Å². The highest BCUT2D eigenvalue weighted by Crippen LogP contribution is 2.05. The fourth-order valence-electron chi connectivity index (χ4n) is 2.03. The van der Waals surface area contributed by atoms with Gasteiger partial charge in [-0.1, -0.05) is 5.16 Å². The molecule has 0 aliphatic heterocycles. The highest BCUT2D eigenvalue weighted by Gasteiger charge is 2.09. The van der Waals surface area contributed by atoms with Crippen molar-refractivity contribution in [3.8, 4) is 0 Å². The quantitative estimate of drug-likeness (QED) is 0.483. The van der Waals surface area contributed by atoms with Gasteiger partial charge in [-0.05, 0) is 19.1 Å². The van der Waals surface area contributed by atoms with E-state index < -0.39 is 0 Å². The molecule has 2 rings (SSSR count). The van der Waals surface area contributed by atoms with E-state index in [1.54, 1.807) is 7.05 Å². The third-order valence-electron chi connectivity index (χ3n) is 3.12. The number of nitrogens with zero attached hydrogens (tertiary/aromatic N) is 4. The molecule has 0 bridgehead atoms. The van der Waals surface area contributed by atoms with Crippen LogP contribution in [0.5, 0.6) is 0 Å². The second-order valence-corrected chi connectivity index (χ2v) is 4.80. The second kappa shape index (κ2) is 8.06. The van der Waals surface area contributed by atoms with Crippen LogP contribution < -0.4 is 5.32 Å². The lowest BCUT2D eigenvalue weighted by Gasteiger charge is -2.21. The predicted molar refractivity (Wildman–Crippen MR) is 93.7 cm³/mol. The maximum Gasteiger partial charge on any atom is 0.194 e. The van der Waals surface area contributed by atoms with Crippen LogP contribution in [-0.4, -0.2) is 34.7 Å². The third-order valence-corrected chi connectivity index (χ3v) is 3.12. The molecule has 0 unspecified atom stereocenters. The number of aliphatic imine (C=N–C) groups is 1. The summed E-state index contributed by atoms with van der Waals surface area (Å²) in [7, 11) is 5.82. The lowest BCUT2D eigenvalue weighted by atomic mass is 10.4. The Balaban J connectivity index is 0.00000220. The Morgan fingerprint density at radius 3 is 2.81 bits per heavy atom. The van der Waals surface area contributed by atoms with Gasteiger partial charge in [0.1, 0.15) is 0 Å². The maximum absolute atomic E-state index is 5.17. The van der Waals surface area contributed by atoms with E-state index in [-0.39, 0.29) is 24.0 Å². The standard InChI is InChI=1S/C14H21N5O.HI/c1-11-8-13(20-17-11)9-16-14(15-2)19(4)10-12-6-5-7-18(12)3;/h5-8H,9-10H2,1-4H3,(H,15,16);1H. The van der Waals surface area contributed by atoms with Crippen molar-refractivity contribution in [2.75, 3.05) is 14.1 Å². The zero-order chi connectivity index (χ0) is 14.5. The van der Waals surface area contributed by atoms with Gasteiger partial charge in [-0.3, -0.25) is 4.99 Å². The van der Waals surface area contributed by atoms with Crippen LogP contribution in [0.1, 0.15) is 17.1 Å². The highest BCUT2D eigenvalue weighted by molar-refractivity contribution is 14.0. The van der Waals surface area contributed by atoms with Crippen LogP contribution in [0, 0.1) is 6.92 Å². The number of hydrogen-bond acceptors (Lipinski definition) is 3. The van der Waals surface area contributed by atoms with E-state index in [9.17, 15) is 0 Å². The first kappa shape index (κ1) is 17.5. The predicted octanol–water partition coefficient (Wildman–Crippen LogP) is 2.15. The summed E-state index contributed by atoms with van der Waals surface area (Å²) in [6.07, 6.45) is 2.04. The van der Waals surface area contributed by atoms with Crippen LogP contribution in [0.25, 0.3) is 0 Å². The van der Waals surface area contributed by atoms with Crippen molar-refractivity contribution in [3.05, 3.63) is 41.5 Å². The third kappa shape index (κ3) is 4.76. The van der Waals surface area contributed by atoms with Crippen LogP contribution in [0.3, 0.4) is 0 Å². The van der Waals surface area contributed by atoms with E-state index >= 15 is 0 Å². The largest absolute Gasteiger partial charge is 0.359 e. The number of halogens is 1. The maximum atomic E-state index is 5.17. The number of nitrogens with one attached hydrogen (secondary N) is 1. The topological polar surface area (TPSA) is 58.6 Å². The van der Waals surface area contributed by atoms with Crippen molar-refractivity contribution in [3.63, 3.8) is 0 Å². The van der Waals surface area contributed by atoms with Gasteiger partial charge in [-0.15, -0.1) is 24.0 Å². The molecule has 2 aromatic rings. The SMILES string of the molecule is CN=C(NCc1cc(C)no1)N(C)Cc1cccn1C.I. The van der Waals surface area contributed by atoms with Gasteiger partial charge >= 0.3 is 0 Å².